The zero-order valence-corrected chi connectivity index (χ0v) is 10.5. The van der Waals surface area contributed by atoms with Crippen LogP contribution in [0.1, 0.15) is 31.4 Å². The van der Waals surface area contributed by atoms with Gasteiger partial charge < -0.3 is 0 Å². The van der Waals surface area contributed by atoms with Crippen LogP contribution in [0.15, 0.2) is 36.4 Å². The minimum Gasteiger partial charge on any atom is -0.115 e. The van der Waals surface area contributed by atoms with Gasteiger partial charge in [-0.1, -0.05) is 62.6 Å². The molecule has 0 nitrogen and oxygen atoms in total. The summed E-state index contributed by atoms with van der Waals surface area (Å²) in [5.74, 6) is 3.55. The molecule has 0 aromatic heterocycles. The Morgan fingerprint density at radius 1 is 1.18 bits per heavy atom. The van der Waals surface area contributed by atoms with Gasteiger partial charge in [0.05, 0.1) is 0 Å². The first-order valence-corrected chi connectivity index (χ1v) is 6.23. The second kappa shape index (κ2) is 5.06. The summed E-state index contributed by atoms with van der Waals surface area (Å²) in [6, 6.07) is 12.7. The van der Waals surface area contributed by atoms with Crippen LogP contribution in [-0.4, -0.2) is 0 Å². The molecule has 0 N–H and O–H groups in total. The second-order valence-electron chi connectivity index (χ2n) is 4.68. The van der Waals surface area contributed by atoms with Gasteiger partial charge in [0.15, 0.2) is 0 Å². The van der Waals surface area contributed by atoms with Crippen LogP contribution in [0.3, 0.4) is 0 Å². The SMILES string of the molecule is C#Cc1c(C[C@@H](C)CC)ccc2ccccc12. The molecular weight excluding hydrogens is 204 g/mol. The van der Waals surface area contributed by atoms with Gasteiger partial charge in [0.2, 0.25) is 0 Å². The normalized spacial score (nSPS) is 12.3. The van der Waals surface area contributed by atoms with Crippen LogP contribution in [0.2, 0.25) is 0 Å². The first-order valence-electron chi connectivity index (χ1n) is 6.23. The van der Waals surface area contributed by atoms with E-state index >= 15 is 0 Å². The molecule has 0 aliphatic carbocycles. The van der Waals surface area contributed by atoms with Crippen LogP contribution in [0, 0.1) is 18.3 Å². The molecule has 2 aromatic carbocycles. The topological polar surface area (TPSA) is 0 Å². The Hall–Kier alpha value is -1.74. The minimum atomic E-state index is 0.684. The van der Waals surface area contributed by atoms with Gasteiger partial charge in [0, 0.05) is 5.56 Å². The highest BCUT2D eigenvalue weighted by molar-refractivity contribution is 5.89. The summed E-state index contributed by atoms with van der Waals surface area (Å²) in [5, 5.41) is 2.43. The second-order valence-corrected chi connectivity index (χ2v) is 4.68. The van der Waals surface area contributed by atoms with Crippen molar-refractivity contribution in [3.05, 3.63) is 47.5 Å². The molecule has 0 bridgehead atoms. The number of rotatable bonds is 3. The van der Waals surface area contributed by atoms with Crippen molar-refractivity contribution < 1.29 is 0 Å². The Bertz CT molecular complexity index is 558. The van der Waals surface area contributed by atoms with Gasteiger partial charge in [0.1, 0.15) is 0 Å². The fourth-order valence-electron chi connectivity index (χ4n) is 2.18. The van der Waals surface area contributed by atoms with Crippen molar-refractivity contribution in [2.45, 2.75) is 26.7 Å². The van der Waals surface area contributed by atoms with Crippen molar-refractivity contribution in [1.82, 2.24) is 0 Å². The van der Waals surface area contributed by atoms with E-state index < -0.39 is 0 Å². The summed E-state index contributed by atoms with van der Waals surface area (Å²) >= 11 is 0. The van der Waals surface area contributed by atoms with E-state index in [4.69, 9.17) is 6.42 Å². The summed E-state index contributed by atoms with van der Waals surface area (Å²) in [6.07, 6.45) is 7.95. The molecule has 2 rings (SSSR count). The van der Waals surface area contributed by atoms with Gasteiger partial charge in [-0.3, -0.25) is 0 Å². The van der Waals surface area contributed by atoms with Crippen LogP contribution < -0.4 is 0 Å². The quantitative estimate of drug-likeness (QED) is 0.675. The smallest absolute Gasteiger partial charge is 0.0353 e. The van der Waals surface area contributed by atoms with E-state index in [0.717, 1.165) is 12.0 Å². The first-order chi connectivity index (χ1) is 8.26. The lowest BCUT2D eigenvalue weighted by molar-refractivity contribution is 0.560. The van der Waals surface area contributed by atoms with Crippen molar-refractivity contribution >= 4 is 10.8 Å². The van der Waals surface area contributed by atoms with Gasteiger partial charge in [-0.15, -0.1) is 6.42 Å². The Balaban J connectivity index is 2.54. The fraction of sp³-hybridized carbons (Fsp3) is 0.294. The predicted molar refractivity (Wildman–Crippen MR) is 75.0 cm³/mol. The van der Waals surface area contributed by atoms with E-state index in [1.54, 1.807) is 0 Å². The molecule has 2 aromatic rings. The average Bonchev–Trinajstić information content (AvgIpc) is 2.38. The van der Waals surface area contributed by atoms with E-state index in [9.17, 15) is 0 Å². The van der Waals surface area contributed by atoms with E-state index in [-0.39, 0.29) is 0 Å². The predicted octanol–water partition coefficient (Wildman–Crippen LogP) is 4.41. The van der Waals surface area contributed by atoms with Gasteiger partial charge in [-0.05, 0) is 28.7 Å². The molecule has 0 aliphatic heterocycles. The Morgan fingerprint density at radius 3 is 2.65 bits per heavy atom. The number of benzene rings is 2. The number of hydrogen-bond acceptors (Lipinski definition) is 0. The molecule has 1 atom stereocenters. The molecule has 0 amide bonds. The van der Waals surface area contributed by atoms with E-state index in [1.165, 1.54) is 22.8 Å². The van der Waals surface area contributed by atoms with Gasteiger partial charge in [-0.2, -0.15) is 0 Å². The third-order valence-electron chi connectivity index (χ3n) is 3.42. The third-order valence-corrected chi connectivity index (χ3v) is 3.42. The molecule has 0 heteroatoms. The van der Waals surface area contributed by atoms with Crippen molar-refractivity contribution in [3.8, 4) is 12.3 Å². The minimum absolute atomic E-state index is 0.684. The summed E-state index contributed by atoms with van der Waals surface area (Å²) in [5.41, 5.74) is 2.38. The number of terminal acetylenes is 1. The Morgan fingerprint density at radius 2 is 1.94 bits per heavy atom. The third kappa shape index (κ3) is 2.34. The summed E-state index contributed by atoms with van der Waals surface area (Å²) < 4.78 is 0. The van der Waals surface area contributed by atoms with Crippen LogP contribution in [0.4, 0.5) is 0 Å². The molecule has 0 spiro atoms. The zero-order chi connectivity index (χ0) is 12.3. The molecule has 0 aliphatic rings. The van der Waals surface area contributed by atoms with E-state index in [2.05, 4.69) is 56.2 Å². The lowest BCUT2D eigenvalue weighted by Crippen LogP contribution is -2.00. The van der Waals surface area contributed by atoms with Gasteiger partial charge in [-0.25, -0.2) is 0 Å². The van der Waals surface area contributed by atoms with Crippen molar-refractivity contribution in [2.24, 2.45) is 5.92 Å². The monoisotopic (exact) mass is 222 g/mol. The standard InChI is InChI=1S/C17H18/c1-4-13(3)12-15-11-10-14-8-6-7-9-17(14)16(15)5-2/h2,6-11,13H,4,12H2,1,3H3/t13-/m0/s1. The molecule has 0 saturated heterocycles. The molecule has 86 valence electrons. The van der Waals surface area contributed by atoms with Crippen molar-refractivity contribution in [2.75, 3.05) is 0 Å². The molecule has 17 heavy (non-hydrogen) atoms. The Labute approximate surface area is 104 Å². The highest BCUT2D eigenvalue weighted by Crippen LogP contribution is 2.24. The number of hydrogen-bond donors (Lipinski definition) is 0. The van der Waals surface area contributed by atoms with Crippen LogP contribution >= 0.6 is 0 Å². The van der Waals surface area contributed by atoms with Crippen molar-refractivity contribution in [1.29, 1.82) is 0 Å². The molecule has 0 fully saturated rings. The molecule has 0 saturated carbocycles. The maximum atomic E-state index is 5.68. The highest BCUT2D eigenvalue weighted by atomic mass is 14.1. The van der Waals surface area contributed by atoms with Crippen molar-refractivity contribution in [3.63, 3.8) is 0 Å². The molecule has 0 unspecified atom stereocenters. The maximum Gasteiger partial charge on any atom is 0.0353 e. The first kappa shape index (κ1) is 11.7. The van der Waals surface area contributed by atoms with E-state index in [0.29, 0.717) is 5.92 Å². The van der Waals surface area contributed by atoms with Gasteiger partial charge >= 0.3 is 0 Å². The average molecular weight is 222 g/mol. The molecule has 0 heterocycles. The van der Waals surface area contributed by atoms with Crippen LogP contribution in [0.25, 0.3) is 10.8 Å². The molecular formula is C17H18. The lowest BCUT2D eigenvalue weighted by atomic mass is 9.92. The van der Waals surface area contributed by atoms with E-state index in [1.807, 2.05) is 0 Å². The highest BCUT2D eigenvalue weighted by Gasteiger charge is 2.08. The summed E-state index contributed by atoms with van der Waals surface area (Å²) in [4.78, 5) is 0. The van der Waals surface area contributed by atoms with Crippen LogP contribution in [-0.2, 0) is 6.42 Å². The number of fused-ring (bicyclic) bond motifs is 1. The summed E-state index contributed by atoms with van der Waals surface area (Å²) in [6.45, 7) is 4.50. The Kier molecular flexibility index (Phi) is 3.49. The fourth-order valence-corrected chi connectivity index (χ4v) is 2.18. The van der Waals surface area contributed by atoms with Gasteiger partial charge in [0.25, 0.3) is 0 Å². The maximum absolute atomic E-state index is 5.68. The lowest BCUT2D eigenvalue weighted by Gasteiger charge is -2.12. The zero-order valence-electron chi connectivity index (χ0n) is 10.5. The summed E-state index contributed by atoms with van der Waals surface area (Å²) in [7, 11) is 0. The van der Waals surface area contributed by atoms with Crippen LogP contribution in [0.5, 0.6) is 0 Å². The molecule has 0 radical (unpaired) electrons. The largest absolute Gasteiger partial charge is 0.115 e.